The normalized spacial score (nSPS) is 14.8. The molecule has 1 saturated heterocycles. The minimum absolute atomic E-state index is 0.0736. The zero-order valence-corrected chi connectivity index (χ0v) is 19.5. The largest absolute Gasteiger partial charge is 0.497 e. The number of ether oxygens (including phenoxy) is 2. The van der Waals surface area contributed by atoms with Gasteiger partial charge >= 0.3 is 0 Å². The monoisotopic (exact) mass is 461 g/mol. The summed E-state index contributed by atoms with van der Waals surface area (Å²) in [5, 5.41) is 0. The second-order valence-electron chi connectivity index (χ2n) is 7.46. The first-order chi connectivity index (χ1) is 15.5. The number of hydrogen-bond donors (Lipinski definition) is 0. The number of carbonyl (C=O) groups excluding carboxylic acids is 1. The first kappa shape index (κ1) is 22.1. The molecule has 0 unspecified atom stereocenters. The molecule has 3 aromatic rings. The predicted molar refractivity (Wildman–Crippen MR) is 134 cm³/mol. The van der Waals surface area contributed by atoms with Crippen LogP contribution in [0.2, 0.25) is 0 Å². The van der Waals surface area contributed by atoms with E-state index in [-0.39, 0.29) is 5.91 Å². The van der Waals surface area contributed by atoms with Crippen molar-refractivity contribution in [3.63, 3.8) is 0 Å². The lowest BCUT2D eigenvalue weighted by Crippen LogP contribution is -2.27. The molecule has 0 bridgehead atoms. The minimum atomic E-state index is -0.0736. The third kappa shape index (κ3) is 5.39. The van der Waals surface area contributed by atoms with Gasteiger partial charge in [-0.3, -0.25) is 9.69 Å². The van der Waals surface area contributed by atoms with E-state index in [9.17, 15) is 4.79 Å². The summed E-state index contributed by atoms with van der Waals surface area (Å²) in [5.41, 5.74) is 4.28. The average Bonchev–Trinajstić information content (AvgIpc) is 3.07. The van der Waals surface area contributed by atoms with Gasteiger partial charge < -0.3 is 9.47 Å². The number of carbonyl (C=O) groups is 1. The summed E-state index contributed by atoms with van der Waals surface area (Å²) in [6.45, 7) is 3.03. The quantitative estimate of drug-likeness (QED) is 0.319. The van der Waals surface area contributed by atoms with Gasteiger partial charge in [-0.15, -0.1) is 0 Å². The maximum absolute atomic E-state index is 12.9. The van der Waals surface area contributed by atoms with Crippen molar-refractivity contribution in [2.24, 2.45) is 0 Å². The second kappa shape index (κ2) is 10.0. The molecule has 1 fully saturated rings. The number of rotatable bonds is 7. The van der Waals surface area contributed by atoms with Crippen molar-refractivity contribution in [1.29, 1.82) is 0 Å². The fourth-order valence-corrected chi connectivity index (χ4v) is 4.47. The Morgan fingerprint density at radius 3 is 2.19 bits per heavy atom. The van der Waals surface area contributed by atoms with Crippen molar-refractivity contribution in [2.45, 2.75) is 20.1 Å². The summed E-state index contributed by atoms with van der Waals surface area (Å²) in [6, 6.07) is 23.6. The maximum Gasteiger partial charge on any atom is 0.266 e. The molecule has 1 amide bonds. The highest BCUT2D eigenvalue weighted by Gasteiger charge is 2.31. The molecule has 0 N–H and O–H groups in total. The van der Waals surface area contributed by atoms with Crippen LogP contribution in [0.3, 0.4) is 0 Å². The van der Waals surface area contributed by atoms with Crippen LogP contribution in [0.25, 0.3) is 6.08 Å². The van der Waals surface area contributed by atoms with Crippen LogP contribution < -0.4 is 9.47 Å². The third-order valence-corrected chi connectivity index (χ3v) is 6.46. The van der Waals surface area contributed by atoms with Crippen LogP contribution in [0.15, 0.2) is 77.7 Å². The van der Waals surface area contributed by atoms with E-state index in [4.69, 9.17) is 21.7 Å². The predicted octanol–water partition coefficient (Wildman–Crippen LogP) is 5.98. The van der Waals surface area contributed by atoms with Crippen LogP contribution in [0.5, 0.6) is 11.5 Å². The number of thioether (sulfide) groups is 1. The fourth-order valence-electron chi connectivity index (χ4n) is 3.21. The summed E-state index contributed by atoms with van der Waals surface area (Å²) >= 11 is 6.78. The summed E-state index contributed by atoms with van der Waals surface area (Å²) < 4.78 is 11.6. The third-order valence-electron chi connectivity index (χ3n) is 5.08. The van der Waals surface area contributed by atoms with E-state index in [1.165, 1.54) is 17.3 Å². The van der Waals surface area contributed by atoms with Crippen molar-refractivity contribution in [3.05, 3.63) is 100.0 Å². The highest BCUT2D eigenvalue weighted by Crippen LogP contribution is 2.34. The Morgan fingerprint density at radius 1 is 0.906 bits per heavy atom. The summed E-state index contributed by atoms with van der Waals surface area (Å²) in [7, 11) is 1.63. The van der Waals surface area contributed by atoms with Crippen molar-refractivity contribution in [3.8, 4) is 11.5 Å². The lowest BCUT2D eigenvalue weighted by atomic mass is 10.1. The number of thiocarbonyl (C=S) groups is 1. The van der Waals surface area contributed by atoms with E-state index < -0.39 is 0 Å². The van der Waals surface area contributed by atoms with Crippen molar-refractivity contribution >= 4 is 40.3 Å². The number of methoxy groups -OCH3 is 1. The van der Waals surface area contributed by atoms with Gasteiger partial charge in [0.15, 0.2) is 0 Å². The molecule has 0 aliphatic carbocycles. The molecule has 1 aliphatic rings. The number of amides is 1. The Hall–Kier alpha value is -3.09. The van der Waals surface area contributed by atoms with E-state index in [1.807, 2.05) is 54.6 Å². The molecular formula is C26H23NO3S2. The van der Waals surface area contributed by atoms with E-state index in [1.54, 1.807) is 12.0 Å². The zero-order valence-electron chi connectivity index (χ0n) is 17.9. The smallest absolute Gasteiger partial charge is 0.266 e. The molecule has 3 aromatic carbocycles. The number of hydrogen-bond acceptors (Lipinski definition) is 5. The van der Waals surface area contributed by atoms with Gasteiger partial charge in [-0.25, -0.2) is 0 Å². The molecule has 162 valence electrons. The number of nitrogens with zero attached hydrogens (tertiary/aromatic N) is 1. The minimum Gasteiger partial charge on any atom is -0.497 e. The van der Waals surface area contributed by atoms with Crippen LogP contribution in [0.1, 0.15) is 22.3 Å². The Morgan fingerprint density at radius 2 is 1.53 bits per heavy atom. The van der Waals surface area contributed by atoms with Crippen LogP contribution in [-0.4, -0.2) is 22.2 Å². The highest BCUT2D eigenvalue weighted by molar-refractivity contribution is 8.26. The summed E-state index contributed by atoms with van der Waals surface area (Å²) in [4.78, 5) is 15.2. The van der Waals surface area contributed by atoms with E-state index in [0.29, 0.717) is 22.4 Å². The Kier molecular flexibility index (Phi) is 6.93. The molecule has 0 aromatic heterocycles. The van der Waals surface area contributed by atoms with Gasteiger partial charge in [-0.05, 0) is 54.0 Å². The van der Waals surface area contributed by atoms with Gasteiger partial charge in [0.1, 0.15) is 22.4 Å². The standard InChI is InChI=1S/C26H23NO3S2/c1-18-3-5-21(6-4-18)17-30-23-13-7-19(8-14-23)15-24-25(28)27(26(31)32-24)16-20-9-11-22(29-2)12-10-20/h3-15H,16-17H2,1-2H3. The van der Waals surface area contributed by atoms with Crippen LogP contribution in [0.4, 0.5) is 0 Å². The van der Waals surface area contributed by atoms with Gasteiger partial charge in [0.05, 0.1) is 18.6 Å². The molecule has 1 aliphatic heterocycles. The molecule has 0 saturated carbocycles. The zero-order chi connectivity index (χ0) is 22.5. The van der Waals surface area contributed by atoms with Gasteiger partial charge in [0.2, 0.25) is 0 Å². The Balaban J connectivity index is 1.39. The van der Waals surface area contributed by atoms with E-state index in [0.717, 1.165) is 28.2 Å². The Bertz CT molecular complexity index is 1140. The van der Waals surface area contributed by atoms with Gasteiger partial charge in [0.25, 0.3) is 5.91 Å². The summed E-state index contributed by atoms with van der Waals surface area (Å²) in [5.74, 6) is 1.50. The van der Waals surface area contributed by atoms with Crippen molar-refractivity contribution in [2.75, 3.05) is 7.11 Å². The molecule has 0 spiro atoms. The van der Waals surface area contributed by atoms with Crippen LogP contribution in [-0.2, 0) is 17.9 Å². The SMILES string of the molecule is COc1ccc(CN2C(=O)C(=Cc3ccc(OCc4ccc(C)cc4)cc3)SC2=S)cc1. The lowest BCUT2D eigenvalue weighted by Gasteiger charge is -2.14. The molecule has 0 radical (unpaired) electrons. The summed E-state index contributed by atoms with van der Waals surface area (Å²) in [6.07, 6.45) is 1.87. The molecular weight excluding hydrogens is 438 g/mol. The van der Waals surface area contributed by atoms with Crippen LogP contribution in [0, 0.1) is 6.92 Å². The number of aryl methyl sites for hydroxylation is 1. The van der Waals surface area contributed by atoms with Gasteiger partial charge in [-0.2, -0.15) is 0 Å². The van der Waals surface area contributed by atoms with Gasteiger partial charge in [-0.1, -0.05) is 78.1 Å². The average molecular weight is 462 g/mol. The van der Waals surface area contributed by atoms with E-state index in [2.05, 4.69) is 31.2 Å². The van der Waals surface area contributed by atoms with Gasteiger partial charge in [0, 0.05) is 0 Å². The molecule has 4 rings (SSSR count). The highest BCUT2D eigenvalue weighted by atomic mass is 32.2. The van der Waals surface area contributed by atoms with Crippen LogP contribution >= 0.6 is 24.0 Å². The molecule has 1 heterocycles. The molecule has 4 nitrogen and oxygen atoms in total. The lowest BCUT2D eigenvalue weighted by molar-refractivity contribution is -0.122. The van der Waals surface area contributed by atoms with E-state index >= 15 is 0 Å². The first-order valence-electron chi connectivity index (χ1n) is 10.2. The Labute approximate surface area is 197 Å². The molecule has 0 atom stereocenters. The number of benzene rings is 3. The molecule has 6 heteroatoms. The molecule has 32 heavy (non-hydrogen) atoms. The second-order valence-corrected chi connectivity index (χ2v) is 9.14. The first-order valence-corrected chi connectivity index (χ1v) is 11.4. The van der Waals surface area contributed by atoms with Crippen molar-refractivity contribution < 1.29 is 14.3 Å². The fraction of sp³-hybridized carbons (Fsp3) is 0.154. The topological polar surface area (TPSA) is 38.8 Å². The maximum atomic E-state index is 12.9. The van der Waals surface area contributed by atoms with Crippen molar-refractivity contribution in [1.82, 2.24) is 4.90 Å².